The quantitative estimate of drug-likeness (QED) is 0.889. The summed E-state index contributed by atoms with van der Waals surface area (Å²) in [7, 11) is 0. The predicted molar refractivity (Wildman–Crippen MR) is 61.9 cm³/mol. The first-order valence-corrected chi connectivity index (χ1v) is 5.96. The molecule has 1 saturated heterocycles. The van der Waals surface area contributed by atoms with Gasteiger partial charge in [0.25, 0.3) is 0 Å². The monoisotopic (exact) mass is 255 g/mol. The smallest absolute Gasteiger partial charge is 0.227 e. The minimum absolute atomic E-state index is 0.0589. The number of carbonyl (C=O) groups is 1. The Bertz CT molecular complexity index is 451. The van der Waals surface area contributed by atoms with Crippen LogP contribution in [-0.2, 0) is 11.2 Å². The minimum atomic E-state index is -0.967. The molecular formula is C13H15F2NO2. The third-order valence-electron chi connectivity index (χ3n) is 3.28. The Labute approximate surface area is 104 Å². The Kier molecular flexibility index (Phi) is 3.91. The molecule has 1 aliphatic heterocycles. The zero-order valence-electron chi connectivity index (χ0n) is 9.90. The van der Waals surface area contributed by atoms with Crippen molar-refractivity contribution in [1.82, 2.24) is 4.90 Å². The van der Waals surface area contributed by atoms with Crippen LogP contribution in [0.2, 0.25) is 0 Å². The van der Waals surface area contributed by atoms with E-state index in [2.05, 4.69) is 0 Å². The number of rotatable bonds is 3. The molecule has 1 heterocycles. The number of halogens is 2. The molecule has 1 aliphatic rings. The van der Waals surface area contributed by atoms with Crippen molar-refractivity contribution in [3.8, 4) is 0 Å². The third-order valence-corrected chi connectivity index (χ3v) is 3.28. The lowest BCUT2D eigenvalue weighted by Crippen LogP contribution is -2.38. The van der Waals surface area contributed by atoms with Crippen molar-refractivity contribution in [2.75, 3.05) is 13.2 Å². The molecule has 98 valence electrons. The molecule has 3 nitrogen and oxygen atoms in total. The zero-order valence-corrected chi connectivity index (χ0v) is 9.90. The second-order valence-corrected chi connectivity index (χ2v) is 4.46. The molecule has 2 rings (SSSR count). The van der Waals surface area contributed by atoms with E-state index in [4.69, 9.17) is 5.11 Å². The largest absolute Gasteiger partial charge is 0.394 e. The van der Waals surface area contributed by atoms with Crippen molar-refractivity contribution in [3.63, 3.8) is 0 Å². The molecule has 1 aromatic carbocycles. The van der Waals surface area contributed by atoms with Crippen LogP contribution in [0.5, 0.6) is 0 Å². The highest BCUT2D eigenvalue weighted by atomic mass is 19.2. The second-order valence-electron chi connectivity index (χ2n) is 4.46. The molecule has 1 N–H and O–H groups in total. The molecule has 0 spiro atoms. The average molecular weight is 255 g/mol. The summed E-state index contributed by atoms with van der Waals surface area (Å²) in [4.78, 5) is 13.5. The van der Waals surface area contributed by atoms with Crippen LogP contribution in [0.3, 0.4) is 0 Å². The van der Waals surface area contributed by atoms with Crippen LogP contribution in [0.15, 0.2) is 18.2 Å². The number of carbonyl (C=O) groups excluding carboxylic acids is 1. The summed E-state index contributed by atoms with van der Waals surface area (Å²) in [6.07, 6.45) is 1.43. The van der Waals surface area contributed by atoms with Gasteiger partial charge in [0, 0.05) is 12.1 Å². The summed E-state index contributed by atoms with van der Waals surface area (Å²) in [6, 6.07) is 3.62. The molecule has 0 bridgehead atoms. The normalized spacial score (nSPS) is 19.3. The highest BCUT2D eigenvalue weighted by Gasteiger charge is 2.28. The summed E-state index contributed by atoms with van der Waals surface area (Å²) in [5.74, 6) is -2.18. The van der Waals surface area contributed by atoms with Crippen LogP contribution in [-0.4, -0.2) is 35.1 Å². The van der Waals surface area contributed by atoms with E-state index in [1.807, 2.05) is 0 Å². The van der Waals surface area contributed by atoms with Gasteiger partial charge in [-0.3, -0.25) is 4.79 Å². The van der Waals surface area contributed by atoms with Gasteiger partial charge in [-0.15, -0.1) is 0 Å². The maximum atomic E-state index is 13.4. The second kappa shape index (κ2) is 5.44. The lowest BCUT2D eigenvalue weighted by molar-refractivity contribution is -0.132. The lowest BCUT2D eigenvalue weighted by atomic mass is 10.1. The minimum Gasteiger partial charge on any atom is -0.394 e. The van der Waals surface area contributed by atoms with Gasteiger partial charge in [-0.1, -0.05) is 12.1 Å². The van der Waals surface area contributed by atoms with Gasteiger partial charge in [0.2, 0.25) is 5.91 Å². The van der Waals surface area contributed by atoms with Crippen molar-refractivity contribution in [3.05, 3.63) is 35.4 Å². The number of hydrogen-bond acceptors (Lipinski definition) is 2. The molecule has 0 aromatic heterocycles. The van der Waals surface area contributed by atoms with Crippen molar-refractivity contribution in [2.24, 2.45) is 0 Å². The SMILES string of the molecule is O=C(Cc1cccc(F)c1F)N1CCC[C@H]1CO. The van der Waals surface area contributed by atoms with Gasteiger partial charge in [0.1, 0.15) is 0 Å². The number of amides is 1. The van der Waals surface area contributed by atoms with Gasteiger partial charge in [0.15, 0.2) is 11.6 Å². The summed E-state index contributed by atoms with van der Waals surface area (Å²) >= 11 is 0. The predicted octanol–water partition coefficient (Wildman–Crippen LogP) is 1.49. The van der Waals surface area contributed by atoms with Crippen molar-refractivity contribution < 1.29 is 18.7 Å². The van der Waals surface area contributed by atoms with Gasteiger partial charge < -0.3 is 10.0 Å². The average Bonchev–Trinajstić information content (AvgIpc) is 2.83. The Morgan fingerprint density at radius 1 is 1.44 bits per heavy atom. The Balaban J connectivity index is 2.09. The Hall–Kier alpha value is -1.49. The third kappa shape index (κ3) is 2.51. The van der Waals surface area contributed by atoms with Gasteiger partial charge in [-0.05, 0) is 18.9 Å². The van der Waals surface area contributed by atoms with Gasteiger partial charge in [-0.25, -0.2) is 8.78 Å². The van der Waals surface area contributed by atoms with E-state index in [0.717, 1.165) is 18.9 Å². The molecule has 18 heavy (non-hydrogen) atoms. The van der Waals surface area contributed by atoms with Crippen LogP contribution in [0.4, 0.5) is 8.78 Å². The van der Waals surface area contributed by atoms with E-state index in [-0.39, 0.29) is 30.5 Å². The van der Waals surface area contributed by atoms with Crippen LogP contribution >= 0.6 is 0 Å². The molecule has 0 saturated carbocycles. The highest BCUT2D eigenvalue weighted by molar-refractivity contribution is 5.79. The summed E-state index contributed by atoms with van der Waals surface area (Å²) in [5.41, 5.74) is 0.0589. The van der Waals surface area contributed by atoms with E-state index in [1.54, 1.807) is 4.90 Å². The summed E-state index contributed by atoms with van der Waals surface area (Å²) in [6.45, 7) is 0.484. The van der Waals surface area contributed by atoms with E-state index in [1.165, 1.54) is 12.1 Å². The maximum absolute atomic E-state index is 13.4. The Morgan fingerprint density at radius 3 is 2.94 bits per heavy atom. The van der Waals surface area contributed by atoms with E-state index in [9.17, 15) is 13.6 Å². The van der Waals surface area contributed by atoms with Crippen LogP contribution in [0, 0.1) is 11.6 Å². The first-order valence-electron chi connectivity index (χ1n) is 5.96. The molecule has 1 atom stereocenters. The van der Waals surface area contributed by atoms with Gasteiger partial charge >= 0.3 is 0 Å². The molecule has 1 amide bonds. The topological polar surface area (TPSA) is 40.5 Å². The molecule has 1 fully saturated rings. The first-order chi connectivity index (χ1) is 8.63. The fraction of sp³-hybridized carbons (Fsp3) is 0.462. The van der Waals surface area contributed by atoms with Crippen LogP contribution in [0.25, 0.3) is 0 Å². The molecule has 0 radical (unpaired) electrons. The van der Waals surface area contributed by atoms with Crippen molar-refractivity contribution in [2.45, 2.75) is 25.3 Å². The maximum Gasteiger partial charge on any atom is 0.227 e. The van der Waals surface area contributed by atoms with Gasteiger partial charge in [0.05, 0.1) is 19.1 Å². The zero-order chi connectivity index (χ0) is 13.1. The molecule has 0 aliphatic carbocycles. The Morgan fingerprint density at radius 2 is 2.22 bits per heavy atom. The molecular weight excluding hydrogens is 240 g/mol. The number of hydrogen-bond donors (Lipinski definition) is 1. The lowest BCUT2D eigenvalue weighted by Gasteiger charge is -2.23. The number of nitrogens with zero attached hydrogens (tertiary/aromatic N) is 1. The van der Waals surface area contributed by atoms with Crippen molar-refractivity contribution in [1.29, 1.82) is 0 Å². The van der Waals surface area contributed by atoms with Crippen LogP contribution < -0.4 is 0 Å². The summed E-state index contributed by atoms with van der Waals surface area (Å²) in [5, 5.41) is 9.12. The standard InChI is InChI=1S/C13H15F2NO2/c14-11-5-1-3-9(13(11)15)7-12(18)16-6-2-4-10(16)8-17/h1,3,5,10,17H,2,4,6-8H2/t10-/m0/s1. The number of aliphatic hydroxyl groups excluding tert-OH is 1. The van der Waals surface area contributed by atoms with E-state index < -0.39 is 11.6 Å². The number of likely N-dealkylation sites (tertiary alicyclic amines) is 1. The van der Waals surface area contributed by atoms with E-state index in [0.29, 0.717) is 6.54 Å². The fourth-order valence-corrected chi connectivity index (χ4v) is 2.30. The fourth-order valence-electron chi connectivity index (χ4n) is 2.30. The summed E-state index contributed by atoms with van der Waals surface area (Å²) < 4.78 is 26.4. The molecule has 5 heteroatoms. The molecule has 1 aromatic rings. The number of benzene rings is 1. The molecule has 0 unspecified atom stereocenters. The van der Waals surface area contributed by atoms with Crippen LogP contribution in [0.1, 0.15) is 18.4 Å². The van der Waals surface area contributed by atoms with Crippen molar-refractivity contribution >= 4 is 5.91 Å². The van der Waals surface area contributed by atoms with Gasteiger partial charge in [-0.2, -0.15) is 0 Å². The number of aliphatic hydroxyl groups is 1. The van der Waals surface area contributed by atoms with E-state index >= 15 is 0 Å². The highest BCUT2D eigenvalue weighted by Crippen LogP contribution is 2.19. The first kappa shape index (κ1) is 13.0.